The van der Waals surface area contributed by atoms with E-state index in [-0.39, 0.29) is 11.5 Å². The Morgan fingerprint density at radius 1 is 1.31 bits per heavy atom. The number of likely N-dealkylation sites (tertiary alicyclic amines) is 1. The molecule has 2 aromatic rings. The molecule has 1 fully saturated rings. The topological polar surface area (TPSA) is 127 Å². The maximum atomic E-state index is 13.2. The first kappa shape index (κ1) is 21.3. The molecule has 0 spiro atoms. The van der Waals surface area contributed by atoms with E-state index < -0.39 is 36.3 Å². The molecule has 2 aliphatic heterocycles. The second-order valence-electron chi connectivity index (χ2n) is 7.59. The van der Waals surface area contributed by atoms with Crippen LogP contribution in [0.4, 0.5) is 19.4 Å². The number of alkyl halides is 2. The number of carboxylic acids is 1. The average Bonchev–Trinajstić information content (AvgIpc) is 3.02. The van der Waals surface area contributed by atoms with E-state index in [0.29, 0.717) is 23.5 Å². The van der Waals surface area contributed by atoms with Crippen molar-refractivity contribution in [2.24, 2.45) is 5.92 Å². The number of urea groups is 1. The van der Waals surface area contributed by atoms with Gasteiger partial charge in [-0.25, -0.2) is 14.6 Å². The third kappa shape index (κ3) is 3.88. The number of benzene rings is 1. The minimum atomic E-state index is -3.74. The number of aliphatic carboxylic acids is 1. The van der Waals surface area contributed by atoms with Crippen LogP contribution in [0.25, 0.3) is 0 Å². The summed E-state index contributed by atoms with van der Waals surface area (Å²) < 4.78 is 35.2. The Morgan fingerprint density at radius 3 is 2.72 bits per heavy atom. The number of hydrogen-bond donors (Lipinski definition) is 3. The Labute approximate surface area is 181 Å². The van der Waals surface area contributed by atoms with Crippen LogP contribution in [0, 0.1) is 5.92 Å². The van der Waals surface area contributed by atoms with Crippen molar-refractivity contribution in [2.45, 2.75) is 31.7 Å². The van der Waals surface area contributed by atoms with Gasteiger partial charge in [-0.1, -0.05) is 12.6 Å². The first-order chi connectivity index (χ1) is 15.1. The number of fused-ring (bicyclic) bond motifs is 1. The van der Waals surface area contributed by atoms with Crippen LogP contribution >= 0.6 is 0 Å². The molecule has 11 heteroatoms. The van der Waals surface area contributed by atoms with Crippen LogP contribution in [-0.2, 0) is 11.2 Å². The number of halogens is 2. The second kappa shape index (κ2) is 7.66. The number of nitrogen functional groups attached to an aromatic ring is 1. The molecule has 0 aliphatic carbocycles. The standard InChI is InChI=1S/C21H20F2N4O5/c1-10(13-3-4-15-16(9-13)32-21(22,23)31-15)26-20(30)27-11(2)14(18(27)19(28)29)7-12-5-6-25-17(24)8-12/h3-6,8-10,14,18H,2,7H2,1H3,(H2,24,25)(H,26,30)(H,28,29)/t10-,14?,18-/m0/s1. The van der Waals surface area contributed by atoms with Gasteiger partial charge in [-0.3, -0.25) is 4.90 Å². The fourth-order valence-corrected chi connectivity index (χ4v) is 3.85. The van der Waals surface area contributed by atoms with Crippen molar-refractivity contribution >= 4 is 17.8 Å². The van der Waals surface area contributed by atoms with E-state index in [1.165, 1.54) is 24.4 Å². The molecule has 3 atom stereocenters. The van der Waals surface area contributed by atoms with E-state index in [1.807, 2.05) is 0 Å². The highest BCUT2D eigenvalue weighted by Gasteiger charge is 2.50. The van der Waals surface area contributed by atoms with Gasteiger partial charge in [0.1, 0.15) is 11.9 Å². The number of pyridine rings is 1. The van der Waals surface area contributed by atoms with Gasteiger partial charge in [0.25, 0.3) is 0 Å². The number of amides is 2. The summed E-state index contributed by atoms with van der Waals surface area (Å²) in [6.45, 7) is 5.50. The Kier molecular flexibility index (Phi) is 5.11. The molecule has 0 saturated carbocycles. The van der Waals surface area contributed by atoms with Crippen LogP contribution < -0.4 is 20.5 Å². The number of nitrogens with two attached hydrogens (primary N) is 1. The predicted octanol–water partition coefficient (Wildman–Crippen LogP) is 2.90. The molecule has 1 aromatic carbocycles. The van der Waals surface area contributed by atoms with Crippen molar-refractivity contribution in [1.82, 2.24) is 15.2 Å². The molecule has 2 aliphatic rings. The lowest BCUT2D eigenvalue weighted by Crippen LogP contribution is -2.63. The summed E-state index contributed by atoms with van der Waals surface area (Å²) in [4.78, 5) is 29.6. The zero-order valence-corrected chi connectivity index (χ0v) is 16.9. The lowest BCUT2D eigenvalue weighted by molar-refractivity contribution is -0.286. The number of carbonyl (C=O) groups excluding carboxylic acids is 1. The van der Waals surface area contributed by atoms with Gasteiger partial charge >= 0.3 is 18.3 Å². The molecule has 3 heterocycles. The highest BCUT2D eigenvalue weighted by atomic mass is 19.3. The van der Waals surface area contributed by atoms with Crippen molar-refractivity contribution in [3.05, 3.63) is 59.9 Å². The van der Waals surface area contributed by atoms with Gasteiger partial charge in [-0.2, -0.15) is 0 Å². The monoisotopic (exact) mass is 446 g/mol. The molecule has 0 bridgehead atoms. The van der Waals surface area contributed by atoms with E-state index >= 15 is 0 Å². The number of carboxylic acid groups (broad SMARTS) is 1. The van der Waals surface area contributed by atoms with Gasteiger partial charge in [-0.15, -0.1) is 8.78 Å². The van der Waals surface area contributed by atoms with Crippen LogP contribution in [0.3, 0.4) is 0 Å². The van der Waals surface area contributed by atoms with E-state index in [4.69, 9.17) is 5.73 Å². The molecular formula is C21H20F2N4O5. The molecule has 1 saturated heterocycles. The molecule has 168 valence electrons. The molecule has 4 N–H and O–H groups in total. The molecule has 0 radical (unpaired) electrons. The van der Waals surface area contributed by atoms with E-state index in [1.54, 1.807) is 19.1 Å². The van der Waals surface area contributed by atoms with Crippen molar-refractivity contribution in [2.75, 3.05) is 5.73 Å². The summed E-state index contributed by atoms with van der Waals surface area (Å²) in [5.74, 6) is -1.62. The Bertz CT molecular complexity index is 1110. The van der Waals surface area contributed by atoms with Gasteiger partial charge in [0.15, 0.2) is 11.5 Å². The quantitative estimate of drug-likeness (QED) is 0.645. The van der Waals surface area contributed by atoms with E-state index in [0.717, 1.165) is 10.5 Å². The normalized spacial score (nSPS) is 21.6. The first-order valence-electron chi connectivity index (χ1n) is 9.67. The summed E-state index contributed by atoms with van der Waals surface area (Å²) in [7, 11) is 0. The Hall–Kier alpha value is -3.89. The molecule has 4 rings (SSSR count). The second-order valence-corrected chi connectivity index (χ2v) is 7.59. The highest BCUT2D eigenvalue weighted by molar-refractivity contribution is 5.88. The third-order valence-electron chi connectivity index (χ3n) is 5.43. The summed E-state index contributed by atoms with van der Waals surface area (Å²) >= 11 is 0. The van der Waals surface area contributed by atoms with Gasteiger partial charge in [0.2, 0.25) is 0 Å². The molecular weight excluding hydrogens is 426 g/mol. The predicted molar refractivity (Wildman–Crippen MR) is 108 cm³/mol. The zero-order valence-electron chi connectivity index (χ0n) is 16.9. The summed E-state index contributed by atoms with van der Waals surface area (Å²) in [6.07, 6.45) is -1.89. The number of rotatable bonds is 5. The van der Waals surface area contributed by atoms with Gasteiger partial charge in [0.05, 0.1) is 6.04 Å². The lowest BCUT2D eigenvalue weighted by atomic mass is 9.80. The fourth-order valence-electron chi connectivity index (χ4n) is 3.85. The summed E-state index contributed by atoms with van der Waals surface area (Å²) in [5.41, 5.74) is 7.28. The van der Waals surface area contributed by atoms with Crippen LogP contribution in [0.15, 0.2) is 48.8 Å². The van der Waals surface area contributed by atoms with E-state index in [2.05, 4.69) is 26.4 Å². The molecule has 1 unspecified atom stereocenters. The van der Waals surface area contributed by atoms with Crippen LogP contribution in [0.5, 0.6) is 11.5 Å². The SMILES string of the molecule is C=C1C(Cc2ccnc(N)c2)[C@@H](C(=O)O)N1C(=O)N[C@@H](C)c1ccc2c(c1)OC(F)(F)O2. The summed E-state index contributed by atoms with van der Waals surface area (Å²) in [6, 6.07) is 5.10. The number of nitrogens with zero attached hydrogens (tertiary/aromatic N) is 2. The number of carbonyl (C=O) groups is 2. The largest absolute Gasteiger partial charge is 0.586 e. The number of nitrogens with one attached hydrogen (secondary N) is 1. The smallest absolute Gasteiger partial charge is 0.480 e. The number of hydrogen-bond acceptors (Lipinski definition) is 6. The highest BCUT2D eigenvalue weighted by Crippen LogP contribution is 2.42. The van der Waals surface area contributed by atoms with Gasteiger partial charge in [0, 0.05) is 17.8 Å². The van der Waals surface area contributed by atoms with Crippen LogP contribution in [0.1, 0.15) is 24.1 Å². The molecule has 32 heavy (non-hydrogen) atoms. The van der Waals surface area contributed by atoms with Crippen molar-refractivity contribution < 1.29 is 33.0 Å². The minimum absolute atomic E-state index is 0.112. The van der Waals surface area contributed by atoms with Gasteiger partial charge < -0.3 is 25.6 Å². The van der Waals surface area contributed by atoms with Crippen LogP contribution in [0.2, 0.25) is 0 Å². The lowest BCUT2D eigenvalue weighted by Gasteiger charge is -2.47. The first-order valence-corrected chi connectivity index (χ1v) is 9.67. The minimum Gasteiger partial charge on any atom is -0.480 e. The Morgan fingerprint density at radius 2 is 2.03 bits per heavy atom. The van der Waals surface area contributed by atoms with Crippen LogP contribution in [-0.4, -0.2) is 39.3 Å². The van der Waals surface area contributed by atoms with E-state index in [9.17, 15) is 23.5 Å². The maximum absolute atomic E-state index is 13.2. The fraction of sp³-hybridized carbons (Fsp3) is 0.286. The Balaban J connectivity index is 1.45. The number of anilines is 1. The molecule has 9 nitrogen and oxygen atoms in total. The molecule has 2 amide bonds. The van der Waals surface area contributed by atoms with Gasteiger partial charge in [-0.05, 0) is 48.7 Å². The third-order valence-corrected chi connectivity index (χ3v) is 5.43. The van der Waals surface area contributed by atoms with Crippen molar-refractivity contribution in [1.29, 1.82) is 0 Å². The zero-order chi connectivity index (χ0) is 23.2. The average molecular weight is 446 g/mol. The van der Waals surface area contributed by atoms with Crippen molar-refractivity contribution in [3.8, 4) is 11.5 Å². The summed E-state index contributed by atoms with van der Waals surface area (Å²) in [5, 5.41) is 12.3. The molecule has 1 aromatic heterocycles. The van der Waals surface area contributed by atoms with Crippen molar-refractivity contribution in [3.63, 3.8) is 0 Å². The maximum Gasteiger partial charge on any atom is 0.586 e. The number of aromatic nitrogens is 1. The number of ether oxygens (including phenoxy) is 2.